The summed E-state index contributed by atoms with van der Waals surface area (Å²) in [4.78, 5) is 0. The van der Waals surface area contributed by atoms with Crippen LogP contribution in [0.15, 0.2) is 0 Å². The van der Waals surface area contributed by atoms with E-state index in [2.05, 4.69) is 4.65 Å². The first-order valence-corrected chi connectivity index (χ1v) is 7.74. The van der Waals surface area contributed by atoms with Crippen LogP contribution in [0.4, 0.5) is 0 Å². The summed E-state index contributed by atoms with van der Waals surface area (Å²) >= 11 is 0. The molecule has 0 aromatic rings. The number of unbranched alkanes of at least 4 members (excludes halogenated alkanes) is 8. The molecule has 15 N–H and O–H groups in total. The minimum Gasteiger partial charge on any atom is -0.870 e. The standard InChI is InChI=1S/C13H27BO8.Ba.5H2O/c15-12(16,17)10-8-6-4-2-1-3-5-7-9-11-13(18,19)22-14(20)21;;;;;;/h15-19H,1-11H2;;5*1H2/q-2;+2;;;;;. The molecule has 0 aromatic carbocycles. The maximum atomic E-state index is 10.1. The maximum Gasteiger partial charge on any atom is 2.00 e. The number of hydrogen-bond donors (Lipinski definition) is 5. The van der Waals surface area contributed by atoms with E-state index >= 15 is 0 Å². The van der Waals surface area contributed by atoms with Gasteiger partial charge in [-0.15, -0.1) is 0 Å². The molecule has 0 rings (SSSR count). The number of aliphatic hydroxyl groups is 5. The summed E-state index contributed by atoms with van der Waals surface area (Å²) in [5, 5.41) is 64.6. The summed E-state index contributed by atoms with van der Waals surface area (Å²) in [7, 11) is -2.71. The van der Waals surface area contributed by atoms with Gasteiger partial charge in [-0.25, -0.2) is 0 Å². The van der Waals surface area contributed by atoms with E-state index in [1.54, 1.807) is 0 Å². The van der Waals surface area contributed by atoms with Crippen LogP contribution >= 0.6 is 0 Å². The predicted octanol–water partition coefficient (Wildman–Crippen LogP) is -6.24. The minimum absolute atomic E-state index is 0. The van der Waals surface area contributed by atoms with Gasteiger partial charge in [0.25, 0.3) is 11.9 Å². The molecule has 13 nitrogen and oxygen atoms in total. The first-order chi connectivity index (χ1) is 10.1. The molecule has 0 aliphatic carbocycles. The van der Waals surface area contributed by atoms with Crippen molar-refractivity contribution in [3.8, 4) is 0 Å². The van der Waals surface area contributed by atoms with Crippen LogP contribution in [0.5, 0.6) is 0 Å². The summed E-state index contributed by atoms with van der Waals surface area (Å²) in [6, 6.07) is 0. The molecular formula is C13H37BBaO13. The molecule has 0 bridgehead atoms. The Hall–Kier alpha value is 1.12. The Balaban J connectivity index is -0.000000147. The topological polar surface area (TPSA) is 314 Å². The van der Waals surface area contributed by atoms with Gasteiger partial charge in [0, 0.05) is 12.8 Å². The number of rotatable bonds is 14. The monoisotopic (exact) mass is 550 g/mol. The van der Waals surface area contributed by atoms with E-state index in [1.807, 2.05) is 0 Å². The molecule has 0 aliphatic rings. The molecule has 0 spiro atoms. The van der Waals surface area contributed by atoms with Gasteiger partial charge in [-0.2, -0.15) is 0 Å². The third-order valence-corrected chi connectivity index (χ3v) is 3.30. The molecule has 172 valence electrons. The molecule has 15 heteroatoms. The van der Waals surface area contributed by atoms with Crippen LogP contribution in [-0.2, 0) is 4.65 Å². The Morgan fingerprint density at radius 1 is 0.571 bits per heavy atom. The van der Waals surface area contributed by atoms with E-state index in [0.29, 0.717) is 12.8 Å². The predicted molar refractivity (Wildman–Crippen MR) is 98.0 cm³/mol. The first-order valence-electron chi connectivity index (χ1n) is 7.74. The van der Waals surface area contributed by atoms with E-state index < -0.39 is 19.3 Å². The van der Waals surface area contributed by atoms with Crippen molar-refractivity contribution in [3.63, 3.8) is 0 Å². The van der Waals surface area contributed by atoms with Crippen LogP contribution in [-0.4, -0.2) is 121 Å². The Kier molecular flexibility index (Phi) is 44.0. The van der Waals surface area contributed by atoms with Crippen molar-refractivity contribution in [1.82, 2.24) is 0 Å². The molecule has 0 unspecified atom stereocenters. The second-order valence-corrected chi connectivity index (χ2v) is 5.61. The molecular weight excluding hydrogens is 512 g/mol. The average Bonchev–Trinajstić information content (AvgIpc) is 2.32. The quantitative estimate of drug-likeness (QED) is 0.0786. The fraction of sp³-hybridized carbons (Fsp3) is 1.00. The van der Waals surface area contributed by atoms with Crippen molar-refractivity contribution >= 4 is 56.2 Å². The van der Waals surface area contributed by atoms with Gasteiger partial charge in [0.05, 0.1) is 7.32 Å². The Morgan fingerprint density at radius 2 is 0.857 bits per heavy atom. The average molecular weight is 550 g/mol. The van der Waals surface area contributed by atoms with Crippen LogP contribution in [0.25, 0.3) is 0 Å². The maximum absolute atomic E-state index is 10.1. The SMILES string of the molecule is O.O.O.O.O.[Ba+2].[O-]B([O-])OC(O)(O)CCCCCCCCCCCC(O)(O)O. The van der Waals surface area contributed by atoms with Crippen LogP contribution in [0.2, 0.25) is 0 Å². The molecule has 0 amide bonds. The van der Waals surface area contributed by atoms with Crippen LogP contribution < -0.4 is 10.0 Å². The normalized spacial score (nSPS) is 9.96. The van der Waals surface area contributed by atoms with Gasteiger partial charge in [-0.1, -0.05) is 44.9 Å². The Labute approximate surface area is 205 Å². The fourth-order valence-electron chi connectivity index (χ4n) is 2.17. The zero-order valence-electron chi connectivity index (χ0n) is 16.0. The van der Waals surface area contributed by atoms with E-state index in [9.17, 15) is 10.0 Å². The zero-order chi connectivity index (χ0) is 17.1. The van der Waals surface area contributed by atoms with Crippen molar-refractivity contribution in [1.29, 1.82) is 0 Å². The van der Waals surface area contributed by atoms with E-state index in [1.165, 1.54) is 0 Å². The molecule has 0 saturated heterocycles. The smallest absolute Gasteiger partial charge is 0.870 e. The molecule has 0 atom stereocenters. The minimum atomic E-state index is -2.71. The molecule has 0 saturated carbocycles. The summed E-state index contributed by atoms with van der Waals surface area (Å²) in [5.41, 5.74) is 0. The van der Waals surface area contributed by atoms with Crippen LogP contribution in [0.3, 0.4) is 0 Å². The van der Waals surface area contributed by atoms with Gasteiger partial charge < -0.3 is 67.6 Å². The van der Waals surface area contributed by atoms with Crippen molar-refractivity contribution in [3.05, 3.63) is 0 Å². The zero-order valence-corrected chi connectivity index (χ0v) is 20.5. The summed E-state index contributed by atoms with van der Waals surface area (Å²) in [5.74, 6) is -5.19. The molecule has 0 fully saturated rings. The van der Waals surface area contributed by atoms with Gasteiger partial charge in [0.2, 0.25) is 0 Å². The number of hydrogen-bond acceptors (Lipinski definition) is 8. The Morgan fingerprint density at radius 3 is 1.14 bits per heavy atom. The van der Waals surface area contributed by atoms with Gasteiger partial charge in [-0.3, -0.25) is 0 Å². The second kappa shape index (κ2) is 26.2. The van der Waals surface area contributed by atoms with Gasteiger partial charge in [0.15, 0.2) is 0 Å². The summed E-state index contributed by atoms with van der Waals surface area (Å²) < 4.78 is 3.89. The van der Waals surface area contributed by atoms with Gasteiger partial charge in [-0.05, 0) is 12.8 Å². The molecule has 0 aromatic heterocycles. The van der Waals surface area contributed by atoms with E-state index in [4.69, 9.17) is 25.5 Å². The van der Waals surface area contributed by atoms with Crippen molar-refractivity contribution < 1.29 is 67.6 Å². The third kappa shape index (κ3) is 37.8. The molecule has 0 radical (unpaired) electrons. The summed E-state index contributed by atoms with van der Waals surface area (Å²) in [6.45, 7) is 0. The molecule has 0 aliphatic heterocycles. The largest absolute Gasteiger partial charge is 2.00 e. The van der Waals surface area contributed by atoms with Crippen LogP contribution in [0.1, 0.15) is 70.6 Å². The summed E-state index contributed by atoms with van der Waals surface area (Å²) in [6.07, 6.45) is 7.23. The van der Waals surface area contributed by atoms with Crippen molar-refractivity contribution in [2.45, 2.75) is 82.6 Å². The van der Waals surface area contributed by atoms with Crippen molar-refractivity contribution in [2.24, 2.45) is 0 Å². The van der Waals surface area contributed by atoms with Gasteiger partial charge in [0.1, 0.15) is 0 Å². The fourth-order valence-corrected chi connectivity index (χ4v) is 2.17. The molecule has 28 heavy (non-hydrogen) atoms. The van der Waals surface area contributed by atoms with Gasteiger partial charge >= 0.3 is 48.9 Å². The first kappa shape index (κ1) is 47.1. The van der Waals surface area contributed by atoms with Crippen LogP contribution in [0, 0.1) is 0 Å². The molecule has 0 heterocycles. The third-order valence-electron chi connectivity index (χ3n) is 3.30. The van der Waals surface area contributed by atoms with Crippen molar-refractivity contribution in [2.75, 3.05) is 0 Å². The Bertz CT molecular complexity index is 280. The van der Waals surface area contributed by atoms with E-state index in [-0.39, 0.29) is 89.1 Å². The van der Waals surface area contributed by atoms with E-state index in [0.717, 1.165) is 44.9 Å². The second-order valence-electron chi connectivity index (χ2n) is 5.61.